The van der Waals surface area contributed by atoms with Crippen molar-refractivity contribution in [1.82, 2.24) is 6.15 Å². The monoisotopic (exact) mass is 194 g/mol. The molecule has 0 spiro atoms. The number of rotatable bonds is 3. The average Bonchev–Trinajstić information content (AvgIpc) is 3.00. The van der Waals surface area contributed by atoms with Crippen molar-refractivity contribution in [2.45, 2.75) is 18.9 Å². The molecular weight excluding hydrogens is 176 g/mol. The van der Waals surface area contributed by atoms with Crippen molar-refractivity contribution in [2.75, 3.05) is 7.11 Å². The van der Waals surface area contributed by atoms with E-state index in [0.29, 0.717) is 5.92 Å². The van der Waals surface area contributed by atoms with Crippen LogP contribution in [0.1, 0.15) is 24.4 Å². The van der Waals surface area contributed by atoms with Gasteiger partial charge in [-0.1, -0.05) is 18.2 Å². The standard InChI is InChI=1S/C11H15NO.H3N/c1-13-10-5-3-2-4-9(10)11(12)8-6-7-8;/h2-5,8,11H,6-7,12H2,1H3;1H3/t11-;/m1./s1. The Morgan fingerprint density at radius 2 is 2.00 bits per heavy atom. The van der Waals surface area contributed by atoms with Crippen LogP contribution < -0.4 is 16.6 Å². The summed E-state index contributed by atoms with van der Waals surface area (Å²) < 4.78 is 5.26. The minimum Gasteiger partial charge on any atom is -0.496 e. The van der Waals surface area contributed by atoms with Crippen molar-refractivity contribution in [3.8, 4) is 5.75 Å². The summed E-state index contributed by atoms with van der Waals surface area (Å²) in [5.41, 5.74) is 7.24. The van der Waals surface area contributed by atoms with Gasteiger partial charge in [-0.2, -0.15) is 0 Å². The van der Waals surface area contributed by atoms with Gasteiger partial charge in [-0.25, -0.2) is 0 Å². The zero-order valence-electron chi connectivity index (χ0n) is 8.57. The zero-order chi connectivity index (χ0) is 9.26. The maximum Gasteiger partial charge on any atom is 0.123 e. The molecule has 0 aromatic heterocycles. The highest BCUT2D eigenvalue weighted by Crippen LogP contribution is 2.41. The molecule has 0 unspecified atom stereocenters. The Morgan fingerprint density at radius 3 is 2.57 bits per heavy atom. The minimum atomic E-state index is 0. The van der Waals surface area contributed by atoms with Crippen LogP contribution >= 0.6 is 0 Å². The third-order valence-electron chi connectivity index (χ3n) is 2.63. The van der Waals surface area contributed by atoms with Gasteiger partial charge in [0.2, 0.25) is 0 Å². The lowest BCUT2D eigenvalue weighted by Crippen LogP contribution is -2.13. The molecule has 5 N–H and O–H groups in total. The molecule has 0 heterocycles. The fraction of sp³-hybridized carbons (Fsp3) is 0.455. The van der Waals surface area contributed by atoms with Crippen LogP contribution in [0.25, 0.3) is 0 Å². The Morgan fingerprint density at radius 1 is 1.36 bits per heavy atom. The molecule has 0 radical (unpaired) electrons. The fourth-order valence-electron chi connectivity index (χ4n) is 1.65. The van der Waals surface area contributed by atoms with E-state index in [1.54, 1.807) is 7.11 Å². The fourth-order valence-corrected chi connectivity index (χ4v) is 1.65. The predicted octanol–water partition coefficient (Wildman–Crippen LogP) is 2.27. The van der Waals surface area contributed by atoms with Gasteiger partial charge < -0.3 is 16.6 Å². The molecular formula is C11H18N2O. The van der Waals surface area contributed by atoms with Crippen molar-refractivity contribution in [2.24, 2.45) is 11.7 Å². The third-order valence-corrected chi connectivity index (χ3v) is 2.63. The Balaban J connectivity index is 0.000000980. The maximum absolute atomic E-state index is 6.10. The second kappa shape index (κ2) is 4.44. The first kappa shape index (κ1) is 11.0. The normalized spacial score (nSPS) is 17.0. The molecule has 1 aromatic carbocycles. The lowest BCUT2D eigenvalue weighted by molar-refractivity contribution is 0.403. The van der Waals surface area contributed by atoms with Gasteiger partial charge in [0.25, 0.3) is 0 Å². The van der Waals surface area contributed by atoms with Gasteiger partial charge >= 0.3 is 0 Å². The molecule has 78 valence electrons. The van der Waals surface area contributed by atoms with E-state index >= 15 is 0 Å². The maximum atomic E-state index is 6.10. The Kier molecular flexibility index (Phi) is 3.49. The second-order valence-electron chi connectivity index (χ2n) is 3.61. The van der Waals surface area contributed by atoms with Crippen molar-refractivity contribution in [3.05, 3.63) is 29.8 Å². The van der Waals surface area contributed by atoms with Crippen molar-refractivity contribution in [1.29, 1.82) is 0 Å². The highest BCUT2D eigenvalue weighted by molar-refractivity contribution is 5.36. The topological polar surface area (TPSA) is 70.2 Å². The Bertz CT molecular complexity index is 297. The predicted molar refractivity (Wildman–Crippen MR) is 57.7 cm³/mol. The van der Waals surface area contributed by atoms with Crippen molar-refractivity contribution < 1.29 is 4.74 Å². The van der Waals surface area contributed by atoms with Gasteiger partial charge in [0.1, 0.15) is 5.75 Å². The highest BCUT2D eigenvalue weighted by atomic mass is 16.5. The summed E-state index contributed by atoms with van der Waals surface area (Å²) in [6.45, 7) is 0. The molecule has 1 fully saturated rings. The zero-order valence-corrected chi connectivity index (χ0v) is 8.57. The van der Waals surface area contributed by atoms with Gasteiger partial charge in [0, 0.05) is 11.6 Å². The number of methoxy groups -OCH3 is 1. The first-order chi connectivity index (χ1) is 6.33. The second-order valence-corrected chi connectivity index (χ2v) is 3.61. The molecule has 0 bridgehead atoms. The lowest BCUT2D eigenvalue weighted by atomic mass is 10.0. The molecule has 3 heteroatoms. The van der Waals surface area contributed by atoms with Gasteiger partial charge in [-0.3, -0.25) is 0 Å². The molecule has 1 aliphatic rings. The largest absolute Gasteiger partial charge is 0.496 e. The Hall–Kier alpha value is -1.06. The smallest absolute Gasteiger partial charge is 0.123 e. The van der Waals surface area contributed by atoms with E-state index in [0.717, 1.165) is 11.3 Å². The summed E-state index contributed by atoms with van der Waals surface area (Å²) in [7, 11) is 1.69. The van der Waals surface area contributed by atoms with Crippen LogP contribution in [-0.4, -0.2) is 7.11 Å². The van der Waals surface area contributed by atoms with E-state index in [1.807, 2.05) is 18.2 Å². The number of benzene rings is 1. The van der Waals surface area contributed by atoms with Crippen LogP contribution in [0.2, 0.25) is 0 Å². The summed E-state index contributed by atoms with van der Waals surface area (Å²) in [4.78, 5) is 0. The molecule has 1 aliphatic carbocycles. The average molecular weight is 194 g/mol. The minimum absolute atomic E-state index is 0. The van der Waals surface area contributed by atoms with E-state index < -0.39 is 0 Å². The van der Waals surface area contributed by atoms with Crippen LogP contribution in [0.5, 0.6) is 5.75 Å². The molecule has 0 aliphatic heterocycles. The van der Waals surface area contributed by atoms with Crippen molar-refractivity contribution in [3.63, 3.8) is 0 Å². The number of ether oxygens (including phenoxy) is 1. The molecule has 0 amide bonds. The number of para-hydroxylation sites is 1. The van der Waals surface area contributed by atoms with Crippen LogP contribution in [0.3, 0.4) is 0 Å². The van der Waals surface area contributed by atoms with E-state index in [4.69, 9.17) is 10.5 Å². The van der Waals surface area contributed by atoms with E-state index in [-0.39, 0.29) is 12.2 Å². The van der Waals surface area contributed by atoms with Crippen LogP contribution in [0.15, 0.2) is 24.3 Å². The van der Waals surface area contributed by atoms with E-state index in [9.17, 15) is 0 Å². The molecule has 3 nitrogen and oxygen atoms in total. The number of hydrogen-bond donors (Lipinski definition) is 2. The van der Waals surface area contributed by atoms with E-state index in [1.165, 1.54) is 12.8 Å². The van der Waals surface area contributed by atoms with Gasteiger partial charge in [0.05, 0.1) is 7.11 Å². The molecule has 0 saturated heterocycles. The van der Waals surface area contributed by atoms with E-state index in [2.05, 4.69) is 6.07 Å². The summed E-state index contributed by atoms with van der Waals surface area (Å²) in [5.74, 6) is 1.60. The molecule has 2 rings (SSSR count). The lowest BCUT2D eigenvalue weighted by Gasteiger charge is -2.14. The summed E-state index contributed by atoms with van der Waals surface area (Å²) in [6.07, 6.45) is 2.53. The third kappa shape index (κ3) is 2.05. The van der Waals surface area contributed by atoms with Crippen molar-refractivity contribution >= 4 is 0 Å². The van der Waals surface area contributed by atoms with Gasteiger partial charge in [0.15, 0.2) is 0 Å². The quantitative estimate of drug-likeness (QED) is 0.775. The molecule has 1 aromatic rings. The number of nitrogens with two attached hydrogens (primary N) is 1. The van der Waals surface area contributed by atoms with Crippen LogP contribution in [0.4, 0.5) is 0 Å². The van der Waals surface area contributed by atoms with Gasteiger partial charge in [-0.05, 0) is 24.8 Å². The summed E-state index contributed by atoms with van der Waals surface area (Å²) in [6, 6.07) is 8.18. The molecule has 1 atom stereocenters. The van der Waals surface area contributed by atoms with Crippen LogP contribution in [0, 0.1) is 5.92 Å². The Labute approximate surface area is 84.8 Å². The summed E-state index contributed by atoms with van der Waals surface area (Å²) >= 11 is 0. The van der Waals surface area contributed by atoms with Gasteiger partial charge in [-0.15, -0.1) is 0 Å². The first-order valence-electron chi connectivity index (χ1n) is 4.71. The SMILES string of the molecule is COc1ccccc1[C@H](N)C1CC1.N. The summed E-state index contributed by atoms with van der Waals surface area (Å²) in [5, 5.41) is 0. The molecule has 1 saturated carbocycles. The first-order valence-corrected chi connectivity index (χ1v) is 4.71. The highest BCUT2D eigenvalue weighted by Gasteiger charge is 2.30. The number of hydrogen-bond acceptors (Lipinski definition) is 3. The van der Waals surface area contributed by atoms with Crippen LogP contribution in [-0.2, 0) is 0 Å². The molecule has 14 heavy (non-hydrogen) atoms.